The molecule has 1 fully saturated rings. The summed E-state index contributed by atoms with van der Waals surface area (Å²) in [5, 5.41) is 0. The van der Waals surface area contributed by atoms with Gasteiger partial charge >= 0.3 is 0 Å². The fraction of sp³-hybridized carbons (Fsp3) is 0.778. The summed E-state index contributed by atoms with van der Waals surface area (Å²) in [5.41, 5.74) is 5.28. The maximum atomic E-state index is 11.0. The van der Waals surface area contributed by atoms with E-state index in [1.165, 1.54) is 0 Å². The van der Waals surface area contributed by atoms with Gasteiger partial charge in [0.05, 0.1) is 12.6 Å². The molecule has 75 valence electrons. The summed E-state index contributed by atoms with van der Waals surface area (Å²) in [4.78, 5) is 13.1. The van der Waals surface area contributed by atoms with Gasteiger partial charge in [-0.2, -0.15) is 0 Å². The lowest BCUT2D eigenvalue weighted by Crippen LogP contribution is -2.49. The first-order chi connectivity index (χ1) is 6.25. The van der Waals surface area contributed by atoms with Crippen molar-refractivity contribution in [1.29, 1.82) is 0 Å². The molecule has 1 rings (SSSR count). The highest BCUT2D eigenvalue weighted by molar-refractivity contribution is 5.81. The molecular formula is C9H17N2O2. The molecule has 4 heteroatoms. The second-order valence-electron chi connectivity index (χ2n) is 3.25. The number of primary amides is 1. The average Bonchev–Trinajstić information content (AvgIpc) is 2.15. The van der Waals surface area contributed by atoms with Gasteiger partial charge in [-0.1, -0.05) is 0 Å². The summed E-state index contributed by atoms with van der Waals surface area (Å²) in [6, 6.07) is -0.191. The highest BCUT2D eigenvalue weighted by Gasteiger charge is 2.26. The lowest BCUT2D eigenvalue weighted by atomic mass is 10.0. The molecule has 1 heterocycles. The van der Waals surface area contributed by atoms with Gasteiger partial charge in [0.2, 0.25) is 5.91 Å². The second-order valence-corrected chi connectivity index (χ2v) is 3.25. The van der Waals surface area contributed by atoms with Gasteiger partial charge in [-0.05, 0) is 25.8 Å². The molecule has 0 aromatic rings. The number of hydrogen-bond acceptors (Lipinski definition) is 3. The lowest BCUT2D eigenvalue weighted by Gasteiger charge is -2.32. The number of likely N-dealkylation sites (tertiary alicyclic amines) is 1. The number of nitrogens with two attached hydrogens (primary N) is 1. The molecule has 4 nitrogen and oxygen atoms in total. The zero-order valence-corrected chi connectivity index (χ0v) is 8.03. The number of ether oxygens (including phenoxy) is 1. The standard InChI is InChI=1S/C9H17N2O2/c1-13-7-6-11-5-3-2-4-8(11)9(10)12/h4,8H,2-3,5-7H2,1H3,(H2,10,12)/t8-/m1/s1. The average molecular weight is 185 g/mol. The van der Waals surface area contributed by atoms with Crippen molar-refractivity contribution in [3.63, 3.8) is 0 Å². The van der Waals surface area contributed by atoms with Gasteiger partial charge in [0.15, 0.2) is 0 Å². The van der Waals surface area contributed by atoms with Crippen LogP contribution >= 0.6 is 0 Å². The van der Waals surface area contributed by atoms with E-state index in [9.17, 15) is 4.79 Å². The fourth-order valence-electron chi connectivity index (χ4n) is 1.61. The zero-order valence-electron chi connectivity index (χ0n) is 8.03. The van der Waals surface area contributed by atoms with E-state index < -0.39 is 0 Å². The second kappa shape index (κ2) is 5.19. The largest absolute Gasteiger partial charge is 0.383 e. The Hall–Kier alpha value is -0.610. The van der Waals surface area contributed by atoms with Crippen LogP contribution in [-0.2, 0) is 9.53 Å². The smallest absolute Gasteiger partial charge is 0.235 e. The van der Waals surface area contributed by atoms with Crippen molar-refractivity contribution in [3.8, 4) is 0 Å². The molecule has 1 radical (unpaired) electrons. The molecule has 1 aliphatic rings. The van der Waals surface area contributed by atoms with Crippen LogP contribution in [0.4, 0.5) is 0 Å². The van der Waals surface area contributed by atoms with Crippen LogP contribution in [0, 0.1) is 6.42 Å². The molecule has 0 aromatic heterocycles. The van der Waals surface area contributed by atoms with Crippen LogP contribution in [0.15, 0.2) is 0 Å². The summed E-state index contributed by atoms with van der Waals surface area (Å²) in [5.74, 6) is -0.254. The van der Waals surface area contributed by atoms with Crippen LogP contribution in [0.2, 0.25) is 0 Å². The Balaban J connectivity index is 2.41. The van der Waals surface area contributed by atoms with Gasteiger partial charge in [0, 0.05) is 13.7 Å². The van der Waals surface area contributed by atoms with Crippen molar-refractivity contribution in [3.05, 3.63) is 6.42 Å². The number of methoxy groups -OCH3 is 1. The van der Waals surface area contributed by atoms with Crippen molar-refractivity contribution < 1.29 is 9.53 Å². The monoisotopic (exact) mass is 185 g/mol. The zero-order chi connectivity index (χ0) is 9.68. The molecule has 0 saturated carbocycles. The number of rotatable bonds is 4. The Labute approximate surface area is 79.0 Å². The van der Waals surface area contributed by atoms with E-state index in [0.29, 0.717) is 6.61 Å². The van der Waals surface area contributed by atoms with Crippen LogP contribution in [0.1, 0.15) is 12.8 Å². The van der Waals surface area contributed by atoms with Crippen molar-refractivity contribution >= 4 is 5.91 Å². The van der Waals surface area contributed by atoms with Gasteiger partial charge in [-0.3, -0.25) is 9.69 Å². The Morgan fingerprint density at radius 3 is 3.15 bits per heavy atom. The van der Waals surface area contributed by atoms with Crippen molar-refractivity contribution in [1.82, 2.24) is 4.90 Å². The Morgan fingerprint density at radius 1 is 1.77 bits per heavy atom. The van der Waals surface area contributed by atoms with Gasteiger partial charge in [0.25, 0.3) is 0 Å². The third-order valence-corrected chi connectivity index (χ3v) is 2.31. The summed E-state index contributed by atoms with van der Waals surface area (Å²) in [6.45, 7) is 2.37. The van der Waals surface area contributed by atoms with Crippen LogP contribution < -0.4 is 5.73 Å². The van der Waals surface area contributed by atoms with Crippen LogP contribution in [0.25, 0.3) is 0 Å². The van der Waals surface area contributed by atoms with Crippen molar-refractivity contribution in [2.45, 2.75) is 18.9 Å². The minimum Gasteiger partial charge on any atom is -0.383 e. The van der Waals surface area contributed by atoms with Crippen molar-refractivity contribution in [2.24, 2.45) is 5.73 Å². The predicted molar refractivity (Wildman–Crippen MR) is 50.0 cm³/mol. The first-order valence-electron chi connectivity index (χ1n) is 4.61. The molecule has 13 heavy (non-hydrogen) atoms. The molecule has 0 spiro atoms. The lowest BCUT2D eigenvalue weighted by molar-refractivity contribution is -0.122. The van der Waals surface area contributed by atoms with Gasteiger partial charge in [-0.15, -0.1) is 0 Å². The fourth-order valence-corrected chi connectivity index (χ4v) is 1.61. The molecule has 1 aliphatic heterocycles. The molecule has 2 N–H and O–H groups in total. The van der Waals surface area contributed by atoms with Gasteiger partial charge < -0.3 is 10.5 Å². The Kier molecular flexibility index (Phi) is 4.18. The number of piperidine rings is 1. The molecule has 1 atom stereocenters. The molecule has 0 bridgehead atoms. The summed E-state index contributed by atoms with van der Waals surface area (Å²) >= 11 is 0. The highest BCUT2D eigenvalue weighted by Crippen LogP contribution is 2.14. The van der Waals surface area contributed by atoms with E-state index in [0.717, 1.165) is 25.9 Å². The number of nitrogens with zero attached hydrogens (tertiary/aromatic N) is 1. The first-order valence-corrected chi connectivity index (χ1v) is 4.61. The van der Waals surface area contributed by atoms with Crippen LogP contribution in [0.5, 0.6) is 0 Å². The highest BCUT2D eigenvalue weighted by atomic mass is 16.5. The summed E-state index contributed by atoms with van der Waals surface area (Å²) in [7, 11) is 1.66. The van der Waals surface area contributed by atoms with E-state index in [1.54, 1.807) is 7.11 Å². The topological polar surface area (TPSA) is 55.6 Å². The van der Waals surface area contributed by atoms with Crippen molar-refractivity contribution in [2.75, 3.05) is 26.8 Å². The van der Waals surface area contributed by atoms with Crippen LogP contribution in [0.3, 0.4) is 0 Å². The maximum absolute atomic E-state index is 11.0. The Bertz CT molecular complexity index is 173. The third kappa shape index (κ3) is 2.97. The van der Waals surface area contributed by atoms with Gasteiger partial charge in [-0.25, -0.2) is 0 Å². The summed E-state index contributed by atoms with van der Waals surface area (Å²) < 4.78 is 4.96. The Morgan fingerprint density at radius 2 is 2.54 bits per heavy atom. The third-order valence-electron chi connectivity index (χ3n) is 2.31. The molecule has 0 aromatic carbocycles. The maximum Gasteiger partial charge on any atom is 0.235 e. The quantitative estimate of drug-likeness (QED) is 0.659. The van der Waals surface area contributed by atoms with Gasteiger partial charge in [0.1, 0.15) is 0 Å². The van der Waals surface area contributed by atoms with E-state index in [1.807, 2.05) is 6.42 Å². The molecule has 0 aliphatic carbocycles. The number of hydrogen-bond donors (Lipinski definition) is 1. The number of amides is 1. The van der Waals surface area contributed by atoms with E-state index in [2.05, 4.69) is 4.90 Å². The van der Waals surface area contributed by atoms with Crippen LogP contribution in [-0.4, -0.2) is 43.7 Å². The van der Waals surface area contributed by atoms with E-state index in [4.69, 9.17) is 10.5 Å². The molecule has 1 amide bonds. The minimum absolute atomic E-state index is 0.191. The summed E-state index contributed by atoms with van der Waals surface area (Å²) in [6.07, 6.45) is 4.08. The first kappa shape index (κ1) is 10.5. The van der Waals surface area contributed by atoms with E-state index >= 15 is 0 Å². The molecular weight excluding hydrogens is 168 g/mol. The number of carbonyl (C=O) groups excluding carboxylic acids is 1. The SMILES string of the molecule is COCCN1CCC[CH][C@@H]1C(N)=O. The normalized spacial score (nSPS) is 24.5. The molecule has 0 unspecified atom stereocenters. The minimum atomic E-state index is -0.254. The predicted octanol–water partition coefficient (Wildman–Crippen LogP) is -0.213. The number of carbonyl (C=O) groups is 1. The van der Waals surface area contributed by atoms with E-state index in [-0.39, 0.29) is 11.9 Å². The molecule has 1 saturated heterocycles.